The summed E-state index contributed by atoms with van der Waals surface area (Å²) in [5.74, 6) is 0. The molecule has 2 nitrogen and oxygen atoms in total. The summed E-state index contributed by atoms with van der Waals surface area (Å²) in [6.07, 6.45) is 5.76. The Bertz CT molecular complexity index is 444. The van der Waals surface area contributed by atoms with Gasteiger partial charge in [0.25, 0.3) is 0 Å². The van der Waals surface area contributed by atoms with Gasteiger partial charge in [0, 0.05) is 11.6 Å². The normalized spacial score (nSPS) is 12.6. The van der Waals surface area contributed by atoms with E-state index in [1.54, 1.807) is 6.26 Å². The molecule has 1 aromatic heterocycles. The number of furan rings is 1. The molecule has 96 valence electrons. The molecular weight excluding hydrogens is 222 g/mol. The molecule has 0 aliphatic heterocycles. The maximum atomic E-state index is 5.17. The van der Waals surface area contributed by atoms with Crippen molar-refractivity contribution < 1.29 is 4.42 Å². The highest BCUT2D eigenvalue weighted by atomic mass is 16.3. The van der Waals surface area contributed by atoms with E-state index in [-0.39, 0.29) is 0 Å². The summed E-state index contributed by atoms with van der Waals surface area (Å²) in [6.45, 7) is 5.24. The van der Waals surface area contributed by atoms with Crippen LogP contribution in [0.2, 0.25) is 0 Å². The van der Waals surface area contributed by atoms with Crippen molar-refractivity contribution in [1.82, 2.24) is 5.32 Å². The van der Waals surface area contributed by atoms with Crippen LogP contribution in [0.3, 0.4) is 0 Å². The first-order valence-electron chi connectivity index (χ1n) is 6.60. The molecule has 0 aliphatic carbocycles. The predicted octanol–water partition coefficient (Wildman–Crippen LogP) is 3.87. The standard InChI is InChI=1S/C16H21NO/c1-3-17-16(15-10-11-18-12-15)9-8-14-6-4-13(2)5-7-14/h4-7,10-12,16-17H,3,8-9H2,1-2H3. The molecule has 0 fully saturated rings. The summed E-state index contributed by atoms with van der Waals surface area (Å²) in [5, 5.41) is 3.51. The molecule has 0 saturated carbocycles. The highest BCUT2D eigenvalue weighted by Crippen LogP contribution is 2.19. The van der Waals surface area contributed by atoms with Gasteiger partial charge in [0.15, 0.2) is 0 Å². The minimum atomic E-state index is 0.384. The second kappa shape index (κ2) is 6.41. The molecular formula is C16H21NO. The van der Waals surface area contributed by atoms with Crippen molar-refractivity contribution in [3.63, 3.8) is 0 Å². The first kappa shape index (κ1) is 12.9. The molecule has 18 heavy (non-hydrogen) atoms. The molecule has 0 radical (unpaired) electrons. The summed E-state index contributed by atoms with van der Waals surface area (Å²) in [4.78, 5) is 0. The van der Waals surface area contributed by atoms with Crippen LogP contribution < -0.4 is 5.32 Å². The van der Waals surface area contributed by atoms with E-state index < -0.39 is 0 Å². The summed E-state index contributed by atoms with van der Waals surface area (Å²) in [6, 6.07) is 11.2. The molecule has 0 saturated heterocycles. The summed E-state index contributed by atoms with van der Waals surface area (Å²) in [7, 11) is 0. The fourth-order valence-electron chi connectivity index (χ4n) is 2.17. The van der Waals surface area contributed by atoms with Crippen LogP contribution in [0.1, 0.15) is 36.1 Å². The first-order valence-corrected chi connectivity index (χ1v) is 6.60. The molecule has 2 heteroatoms. The molecule has 0 amide bonds. The monoisotopic (exact) mass is 243 g/mol. The number of rotatable bonds is 6. The SMILES string of the molecule is CCNC(CCc1ccc(C)cc1)c1ccoc1. The van der Waals surface area contributed by atoms with Gasteiger partial charge in [0.05, 0.1) is 12.5 Å². The fraction of sp³-hybridized carbons (Fsp3) is 0.375. The zero-order valence-electron chi connectivity index (χ0n) is 11.1. The first-order chi connectivity index (χ1) is 8.79. The lowest BCUT2D eigenvalue weighted by molar-refractivity contribution is 0.501. The van der Waals surface area contributed by atoms with Crippen molar-refractivity contribution in [2.75, 3.05) is 6.54 Å². The summed E-state index contributed by atoms with van der Waals surface area (Å²) >= 11 is 0. The Morgan fingerprint density at radius 2 is 1.94 bits per heavy atom. The molecule has 0 spiro atoms. The number of hydrogen-bond acceptors (Lipinski definition) is 2. The van der Waals surface area contributed by atoms with Crippen LogP contribution in [0.15, 0.2) is 47.3 Å². The quantitative estimate of drug-likeness (QED) is 0.833. The third kappa shape index (κ3) is 3.47. The van der Waals surface area contributed by atoms with Crippen LogP contribution in [0.5, 0.6) is 0 Å². The van der Waals surface area contributed by atoms with E-state index >= 15 is 0 Å². The second-order valence-electron chi connectivity index (χ2n) is 4.69. The lowest BCUT2D eigenvalue weighted by Gasteiger charge is -2.16. The zero-order chi connectivity index (χ0) is 12.8. The maximum absolute atomic E-state index is 5.17. The van der Waals surface area contributed by atoms with Crippen molar-refractivity contribution in [2.45, 2.75) is 32.7 Å². The molecule has 0 aliphatic rings. The van der Waals surface area contributed by atoms with Gasteiger partial charge in [-0.3, -0.25) is 0 Å². The van der Waals surface area contributed by atoms with Gasteiger partial charge in [0.1, 0.15) is 0 Å². The maximum Gasteiger partial charge on any atom is 0.0950 e. The van der Waals surface area contributed by atoms with Crippen molar-refractivity contribution in [3.05, 3.63) is 59.5 Å². The van der Waals surface area contributed by atoms with E-state index in [2.05, 4.69) is 43.4 Å². The molecule has 1 heterocycles. The Kier molecular flexibility index (Phi) is 4.59. The van der Waals surface area contributed by atoms with Crippen LogP contribution in [0, 0.1) is 6.92 Å². The second-order valence-corrected chi connectivity index (χ2v) is 4.69. The van der Waals surface area contributed by atoms with Crippen molar-refractivity contribution in [3.8, 4) is 0 Å². The Hall–Kier alpha value is -1.54. The Labute approximate surface area is 109 Å². The molecule has 1 unspecified atom stereocenters. The van der Waals surface area contributed by atoms with E-state index in [1.165, 1.54) is 16.7 Å². The number of benzene rings is 1. The molecule has 1 N–H and O–H groups in total. The van der Waals surface area contributed by atoms with Crippen LogP contribution in [-0.2, 0) is 6.42 Å². The number of aryl methyl sites for hydroxylation is 2. The highest BCUT2D eigenvalue weighted by molar-refractivity contribution is 5.22. The molecule has 1 aromatic carbocycles. The predicted molar refractivity (Wildman–Crippen MR) is 74.6 cm³/mol. The third-order valence-electron chi connectivity index (χ3n) is 3.24. The zero-order valence-corrected chi connectivity index (χ0v) is 11.1. The molecule has 1 atom stereocenters. The van der Waals surface area contributed by atoms with Gasteiger partial charge in [-0.2, -0.15) is 0 Å². The molecule has 2 aromatic rings. The Morgan fingerprint density at radius 3 is 2.56 bits per heavy atom. The minimum absolute atomic E-state index is 0.384. The van der Waals surface area contributed by atoms with E-state index in [9.17, 15) is 0 Å². The Balaban J connectivity index is 1.95. The fourth-order valence-corrected chi connectivity index (χ4v) is 2.17. The lowest BCUT2D eigenvalue weighted by atomic mass is 10.0. The summed E-state index contributed by atoms with van der Waals surface area (Å²) < 4.78 is 5.17. The van der Waals surface area contributed by atoms with Crippen molar-refractivity contribution in [1.29, 1.82) is 0 Å². The van der Waals surface area contributed by atoms with Gasteiger partial charge in [-0.1, -0.05) is 36.8 Å². The van der Waals surface area contributed by atoms with E-state index in [4.69, 9.17) is 4.42 Å². The van der Waals surface area contributed by atoms with Crippen molar-refractivity contribution in [2.24, 2.45) is 0 Å². The Morgan fingerprint density at radius 1 is 1.17 bits per heavy atom. The largest absolute Gasteiger partial charge is 0.472 e. The average molecular weight is 243 g/mol. The molecule has 0 bridgehead atoms. The topological polar surface area (TPSA) is 25.2 Å². The van der Waals surface area contributed by atoms with Crippen LogP contribution in [0.25, 0.3) is 0 Å². The number of nitrogens with one attached hydrogen (secondary N) is 1. The van der Waals surface area contributed by atoms with Gasteiger partial charge >= 0.3 is 0 Å². The van der Waals surface area contributed by atoms with Crippen LogP contribution in [0.4, 0.5) is 0 Å². The van der Waals surface area contributed by atoms with Gasteiger partial charge in [0.2, 0.25) is 0 Å². The number of hydrogen-bond donors (Lipinski definition) is 1. The van der Waals surface area contributed by atoms with Gasteiger partial charge < -0.3 is 9.73 Å². The van der Waals surface area contributed by atoms with E-state index in [1.807, 2.05) is 12.3 Å². The van der Waals surface area contributed by atoms with Crippen LogP contribution in [-0.4, -0.2) is 6.54 Å². The molecule has 2 rings (SSSR count). The van der Waals surface area contributed by atoms with Crippen molar-refractivity contribution >= 4 is 0 Å². The third-order valence-corrected chi connectivity index (χ3v) is 3.24. The average Bonchev–Trinajstić information content (AvgIpc) is 2.90. The van der Waals surface area contributed by atoms with Crippen LogP contribution >= 0.6 is 0 Å². The minimum Gasteiger partial charge on any atom is -0.472 e. The highest BCUT2D eigenvalue weighted by Gasteiger charge is 2.11. The van der Waals surface area contributed by atoms with E-state index in [0.29, 0.717) is 6.04 Å². The van der Waals surface area contributed by atoms with E-state index in [0.717, 1.165) is 19.4 Å². The van der Waals surface area contributed by atoms with Gasteiger partial charge in [-0.15, -0.1) is 0 Å². The van der Waals surface area contributed by atoms with Gasteiger partial charge in [-0.25, -0.2) is 0 Å². The smallest absolute Gasteiger partial charge is 0.0950 e. The summed E-state index contributed by atoms with van der Waals surface area (Å²) in [5.41, 5.74) is 3.95. The van der Waals surface area contributed by atoms with Gasteiger partial charge in [-0.05, 0) is 37.9 Å². The lowest BCUT2D eigenvalue weighted by Crippen LogP contribution is -2.21.